The Morgan fingerprint density at radius 2 is 1.94 bits per heavy atom. The van der Waals surface area contributed by atoms with Crippen molar-refractivity contribution in [1.29, 1.82) is 0 Å². The van der Waals surface area contributed by atoms with Crippen LogP contribution < -0.4 is 15.4 Å². The van der Waals surface area contributed by atoms with Crippen molar-refractivity contribution in [2.45, 2.75) is 12.5 Å². The fourth-order valence-electron chi connectivity index (χ4n) is 3.94. The summed E-state index contributed by atoms with van der Waals surface area (Å²) in [6, 6.07) is 9.36. The number of nitrogens with zero attached hydrogens (tertiary/aromatic N) is 1. The van der Waals surface area contributed by atoms with Crippen LogP contribution in [0.1, 0.15) is 12.0 Å². The van der Waals surface area contributed by atoms with Crippen LogP contribution in [0.5, 0.6) is 5.75 Å². The molecule has 1 fully saturated rings. The molecule has 2 aromatic carbocycles. The third-order valence-electron chi connectivity index (χ3n) is 5.64. The van der Waals surface area contributed by atoms with Gasteiger partial charge in [0.1, 0.15) is 18.4 Å². The van der Waals surface area contributed by atoms with Crippen LogP contribution >= 0.6 is 23.2 Å². The molecule has 2 aliphatic heterocycles. The Balaban J connectivity index is 1.39. The molecule has 0 saturated carbocycles. The first-order valence-corrected chi connectivity index (χ1v) is 11.7. The molecule has 3 N–H and O–H groups in total. The van der Waals surface area contributed by atoms with E-state index in [1.165, 1.54) is 6.08 Å². The summed E-state index contributed by atoms with van der Waals surface area (Å²) >= 11 is 12.4. The minimum absolute atomic E-state index is 0.104. The van der Waals surface area contributed by atoms with Gasteiger partial charge in [-0.05, 0) is 42.0 Å². The largest absolute Gasteiger partial charge is 0.492 e. The fraction of sp³-hybridized carbons (Fsp3) is 0.333. The van der Waals surface area contributed by atoms with Gasteiger partial charge < -0.3 is 25.2 Å². The van der Waals surface area contributed by atoms with Crippen LogP contribution in [0.4, 0.5) is 11.4 Å². The molecular formula is C24H25Cl2N3O5. The lowest BCUT2D eigenvalue weighted by Gasteiger charge is -2.27. The SMILES string of the molecule is O=C(C=C1CC(C(=O)O)Nc2cc(Cl)cc(Cl)c21)Nc1ccc(OCCN2CCOCC2)cc1. The van der Waals surface area contributed by atoms with Crippen LogP contribution in [-0.4, -0.2) is 67.4 Å². The molecule has 1 unspecified atom stereocenters. The quantitative estimate of drug-likeness (QED) is 0.489. The first-order chi connectivity index (χ1) is 16.4. The Morgan fingerprint density at radius 1 is 1.21 bits per heavy atom. The van der Waals surface area contributed by atoms with Gasteiger partial charge in [-0.1, -0.05) is 23.2 Å². The first-order valence-electron chi connectivity index (χ1n) is 10.9. The average Bonchev–Trinajstić information content (AvgIpc) is 2.80. The lowest BCUT2D eigenvalue weighted by Crippen LogP contribution is -2.38. The maximum absolute atomic E-state index is 12.7. The van der Waals surface area contributed by atoms with Crippen LogP contribution in [-0.2, 0) is 14.3 Å². The highest BCUT2D eigenvalue weighted by molar-refractivity contribution is 6.36. The smallest absolute Gasteiger partial charge is 0.326 e. The fourth-order valence-corrected chi connectivity index (χ4v) is 4.56. The van der Waals surface area contributed by atoms with Crippen LogP contribution in [0, 0.1) is 0 Å². The van der Waals surface area contributed by atoms with E-state index in [0.29, 0.717) is 44.9 Å². The summed E-state index contributed by atoms with van der Waals surface area (Å²) in [5.41, 5.74) is 2.16. The Bertz CT molecular complexity index is 1080. The van der Waals surface area contributed by atoms with E-state index in [4.69, 9.17) is 32.7 Å². The van der Waals surface area contributed by atoms with Crippen molar-refractivity contribution in [3.05, 3.63) is 58.1 Å². The third-order valence-corrected chi connectivity index (χ3v) is 6.15. The van der Waals surface area contributed by atoms with Gasteiger partial charge in [-0.25, -0.2) is 4.79 Å². The number of hydrogen-bond acceptors (Lipinski definition) is 6. The second-order valence-electron chi connectivity index (χ2n) is 8.04. The second-order valence-corrected chi connectivity index (χ2v) is 8.88. The van der Waals surface area contributed by atoms with E-state index in [0.717, 1.165) is 32.8 Å². The molecule has 34 heavy (non-hydrogen) atoms. The predicted molar refractivity (Wildman–Crippen MR) is 132 cm³/mol. The number of anilines is 2. The summed E-state index contributed by atoms with van der Waals surface area (Å²) in [6.45, 7) is 4.73. The van der Waals surface area contributed by atoms with Crippen molar-refractivity contribution < 1.29 is 24.2 Å². The lowest BCUT2D eigenvalue weighted by molar-refractivity contribution is -0.137. The number of benzene rings is 2. The Kier molecular flexibility index (Phi) is 7.95. The topological polar surface area (TPSA) is 100 Å². The Labute approximate surface area is 207 Å². The standard InChI is InChI=1S/C24H25Cl2N3O5/c25-16-13-19(26)23-15(11-21(24(31)32)28-20(23)14-16)12-22(30)27-17-1-3-18(4-2-17)34-10-7-29-5-8-33-9-6-29/h1-4,12-14,21,28H,5-11H2,(H,27,30)(H,31,32). The van der Waals surface area contributed by atoms with Crippen molar-refractivity contribution in [3.63, 3.8) is 0 Å². The summed E-state index contributed by atoms with van der Waals surface area (Å²) in [4.78, 5) is 26.6. The van der Waals surface area contributed by atoms with Gasteiger partial charge in [-0.15, -0.1) is 0 Å². The van der Waals surface area contributed by atoms with Crippen molar-refractivity contribution in [3.8, 4) is 5.75 Å². The lowest BCUT2D eigenvalue weighted by atomic mass is 9.92. The highest BCUT2D eigenvalue weighted by Crippen LogP contribution is 2.40. The molecule has 1 amide bonds. The number of morpholine rings is 1. The summed E-state index contributed by atoms with van der Waals surface area (Å²) in [5, 5.41) is 15.9. The van der Waals surface area contributed by atoms with E-state index in [9.17, 15) is 14.7 Å². The Hall–Kier alpha value is -2.78. The first kappa shape index (κ1) is 24.3. The van der Waals surface area contributed by atoms with E-state index in [1.807, 2.05) is 0 Å². The summed E-state index contributed by atoms with van der Waals surface area (Å²) in [7, 11) is 0. The summed E-state index contributed by atoms with van der Waals surface area (Å²) < 4.78 is 11.1. The number of ether oxygens (including phenoxy) is 2. The number of hydrogen-bond donors (Lipinski definition) is 3. The molecule has 0 aromatic heterocycles. The molecule has 4 rings (SSSR count). The summed E-state index contributed by atoms with van der Waals surface area (Å²) in [5.74, 6) is -0.707. The minimum atomic E-state index is -1.03. The van der Waals surface area contributed by atoms with Crippen LogP contribution in [0.3, 0.4) is 0 Å². The van der Waals surface area contributed by atoms with E-state index in [-0.39, 0.29) is 12.3 Å². The van der Waals surface area contributed by atoms with E-state index < -0.39 is 12.0 Å². The maximum Gasteiger partial charge on any atom is 0.326 e. The number of carbonyl (C=O) groups is 2. The van der Waals surface area contributed by atoms with Gasteiger partial charge in [0.15, 0.2) is 0 Å². The predicted octanol–water partition coefficient (Wildman–Crippen LogP) is 4.00. The van der Waals surface area contributed by atoms with E-state index >= 15 is 0 Å². The number of carbonyl (C=O) groups excluding carboxylic acids is 1. The molecular weight excluding hydrogens is 481 g/mol. The zero-order valence-electron chi connectivity index (χ0n) is 18.4. The number of amides is 1. The normalized spacial score (nSPS) is 19.2. The van der Waals surface area contributed by atoms with Crippen molar-refractivity contribution in [2.24, 2.45) is 0 Å². The monoisotopic (exact) mass is 505 g/mol. The molecule has 0 spiro atoms. The zero-order chi connectivity index (χ0) is 24.1. The number of carboxylic acids is 1. The van der Waals surface area contributed by atoms with Gasteiger partial charge in [0.2, 0.25) is 5.91 Å². The molecule has 1 saturated heterocycles. The molecule has 1 atom stereocenters. The Morgan fingerprint density at radius 3 is 2.65 bits per heavy atom. The highest BCUT2D eigenvalue weighted by Gasteiger charge is 2.29. The number of halogens is 2. The molecule has 2 heterocycles. The van der Waals surface area contributed by atoms with Crippen LogP contribution in [0.25, 0.3) is 5.57 Å². The van der Waals surface area contributed by atoms with Gasteiger partial charge in [-0.2, -0.15) is 0 Å². The molecule has 180 valence electrons. The van der Waals surface area contributed by atoms with Gasteiger partial charge in [0.25, 0.3) is 0 Å². The van der Waals surface area contributed by atoms with E-state index in [1.54, 1.807) is 36.4 Å². The maximum atomic E-state index is 12.7. The molecule has 0 aliphatic carbocycles. The zero-order valence-corrected chi connectivity index (χ0v) is 19.9. The van der Waals surface area contributed by atoms with Gasteiger partial charge in [-0.3, -0.25) is 9.69 Å². The molecule has 0 bridgehead atoms. The number of aliphatic carboxylic acids is 1. The van der Waals surface area contributed by atoms with Crippen LogP contribution in [0.15, 0.2) is 42.5 Å². The third kappa shape index (κ3) is 6.21. The average molecular weight is 506 g/mol. The van der Waals surface area contributed by atoms with Gasteiger partial charge >= 0.3 is 5.97 Å². The van der Waals surface area contributed by atoms with E-state index in [2.05, 4.69) is 15.5 Å². The van der Waals surface area contributed by atoms with Crippen molar-refractivity contribution in [2.75, 3.05) is 50.1 Å². The van der Waals surface area contributed by atoms with Crippen molar-refractivity contribution in [1.82, 2.24) is 4.90 Å². The number of nitrogens with one attached hydrogen (secondary N) is 2. The molecule has 2 aromatic rings. The number of fused-ring (bicyclic) bond motifs is 1. The van der Waals surface area contributed by atoms with Gasteiger partial charge in [0, 0.05) is 54.1 Å². The molecule has 2 aliphatic rings. The van der Waals surface area contributed by atoms with Gasteiger partial charge in [0.05, 0.1) is 18.2 Å². The van der Waals surface area contributed by atoms with Crippen LogP contribution in [0.2, 0.25) is 10.0 Å². The number of carboxylic acid groups (broad SMARTS) is 1. The second kappa shape index (κ2) is 11.1. The molecule has 10 heteroatoms. The molecule has 8 nitrogen and oxygen atoms in total. The minimum Gasteiger partial charge on any atom is -0.492 e. The molecule has 0 radical (unpaired) electrons. The highest BCUT2D eigenvalue weighted by atomic mass is 35.5. The number of rotatable bonds is 7. The summed E-state index contributed by atoms with van der Waals surface area (Å²) in [6.07, 6.45) is 1.48. The van der Waals surface area contributed by atoms with Crippen molar-refractivity contribution >= 4 is 52.0 Å².